The summed E-state index contributed by atoms with van der Waals surface area (Å²) in [6.07, 6.45) is 1.35. The van der Waals surface area contributed by atoms with Gasteiger partial charge in [-0.05, 0) is 49.8 Å². The van der Waals surface area contributed by atoms with Gasteiger partial charge in [0.15, 0.2) is 11.5 Å². The molecule has 0 aliphatic rings. The van der Waals surface area contributed by atoms with Crippen LogP contribution in [0, 0.1) is 11.3 Å². The summed E-state index contributed by atoms with van der Waals surface area (Å²) in [5.74, 6) is 0.875. The van der Waals surface area contributed by atoms with Gasteiger partial charge in [-0.2, -0.15) is 5.26 Å². The van der Waals surface area contributed by atoms with Gasteiger partial charge < -0.3 is 19.5 Å². The Hall–Kier alpha value is -3.17. The number of carbonyl (C=O) groups excluding carboxylic acids is 1. The molecule has 0 spiro atoms. The van der Waals surface area contributed by atoms with Crippen LogP contribution in [-0.2, 0) is 4.79 Å². The summed E-state index contributed by atoms with van der Waals surface area (Å²) in [7, 11) is 3.03. The van der Waals surface area contributed by atoms with Crippen LogP contribution >= 0.6 is 11.6 Å². The number of carbonyl (C=O) groups is 1. The Morgan fingerprint density at radius 1 is 1.21 bits per heavy atom. The lowest BCUT2D eigenvalue weighted by atomic mass is 10.1. The van der Waals surface area contributed by atoms with E-state index in [9.17, 15) is 10.1 Å². The number of benzene rings is 2. The van der Waals surface area contributed by atoms with Gasteiger partial charge in [-0.1, -0.05) is 17.7 Å². The molecular weight excluding hydrogens is 380 g/mol. The molecular formula is C21H21ClN2O4. The Morgan fingerprint density at radius 3 is 2.57 bits per heavy atom. The predicted octanol–water partition coefficient (Wildman–Crippen LogP) is 4.69. The smallest absolute Gasteiger partial charge is 0.266 e. The lowest BCUT2D eigenvalue weighted by molar-refractivity contribution is -0.112. The predicted molar refractivity (Wildman–Crippen MR) is 109 cm³/mol. The van der Waals surface area contributed by atoms with Gasteiger partial charge in [0.25, 0.3) is 5.91 Å². The Morgan fingerprint density at radius 2 is 1.96 bits per heavy atom. The molecule has 0 aliphatic carbocycles. The van der Waals surface area contributed by atoms with Crippen LogP contribution in [0.4, 0.5) is 5.69 Å². The SMILES string of the molecule is COc1cccc(NC(=O)/C(C#N)=C/c2cc(Cl)c(OC(C)C)c(OC)c2)c1. The van der Waals surface area contributed by atoms with Crippen molar-refractivity contribution in [3.8, 4) is 23.3 Å². The maximum absolute atomic E-state index is 12.5. The van der Waals surface area contributed by atoms with Crippen LogP contribution in [0.2, 0.25) is 5.02 Å². The van der Waals surface area contributed by atoms with E-state index in [1.807, 2.05) is 19.9 Å². The van der Waals surface area contributed by atoms with Crippen LogP contribution in [0.15, 0.2) is 42.0 Å². The topological polar surface area (TPSA) is 80.6 Å². The normalized spacial score (nSPS) is 11.0. The summed E-state index contributed by atoms with van der Waals surface area (Å²) in [6, 6.07) is 12.0. The molecule has 0 unspecified atom stereocenters. The highest BCUT2D eigenvalue weighted by molar-refractivity contribution is 6.32. The highest BCUT2D eigenvalue weighted by atomic mass is 35.5. The highest BCUT2D eigenvalue weighted by Gasteiger charge is 2.15. The van der Waals surface area contributed by atoms with Crippen molar-refractivity contribution < 1.29 is 19.0 Å². The minimum Gasteiger partial charge on any atom is -0.497 e. The highest BCUT2D eigenvalue weighted by Crippen LogP contribution is 2.37. The number of hydrogen-bond donors (Lipinski definition) is 1. The van der Waals surface area contributed by atoms with Crippen LogP contribution in [0.25, 0.3) is 6.08 Å². The summed E-state index contributed by atoms with van der Waals surface area (Å²) in [5, 5.41) is 12.4. The number of halogens is 1. The minimum absolute atomic E-state index is 0.0848. The molecule has 6 nitrogen and oxygen atoms in total. The first kappa shape index (κ1) is 21.1. The number of anilines is 1. The fourth-order valence-corrected chi connectivity index (χ4v) is 2.65. The summed E-state index contributed by atoms with van der Waals surface area (Å²) in [5.41, 5.74) is 0.968. The zero-order chi connectivity index (χ0) is 20.7. The maximum atomic E-state index is 12.5. The molecule has 0 bridgehead atoms. The van der Waals surface area contributed by atoms with Crippen molar-refractivity contribution in [2.24, 2.45) is 0 Å². The van der Waals surface area contributed by atoms with Gasteiger partial charge in [0.05, 0.1) is 25.3 Å². The minimum atomic E-state index is -0.548. The van der Waals surface area contributed by atoms with E-state index in [1.165, 1.54) is 20.3 Å². The lowest BCUT2D eigenvalue weighted by Gasteiger charge is -2.15. The van der Waals surface area contributed by atoms with Crippen LogP contribution in [-0.4, -0.2) is 26.2 Å². The second kappa shape index (κ2) is 9.67. The quantitative estimate of drug-likeness (QED) is 0.538. The maximum Gasteiger partial charge on any atom is 0.266 e. The molecule has 0 atom stereocenters. The van der Waals surface area contributed by atoms with Crippen molar-refractivity contribution in [3.05, 3.63) is 52.6 Å². The molecule has 0 aliphatic heterocycles. The van der Waals surface area contributed by atoms with E-state index >= 15 is 0 Å². The molecule has 2 aromatic carbocycles. The molecule has 1 amide bonds. The lowest BCUT2D eigenvalue weighted by Crippen LogP contribution is -2.13. The van der Waals surface area contributed by atoms with Gasteiger partial charge in [0.1, 0.15) is 17.4 Å². The zero-order valence-electron chi connectivity index (χ0n) is 16.1. The molecule has 146 valence electrons. The third-order valence-corrected chi connectivity index (χ3v) is 3.89. The van der Waals surface area contributed by atoms with E-state index in [-0.39, 0.29) is 11.7 Å². The number of nitrogens with one attached hydrogen (secondary N) is 1. The molecule has 2 rings (SSSR count). The summed E-state index contributed by atoms with van der Waals surface area (Å²) < 4.78 is 16.1. The molecule has 1 N–H and O–H groups in total. The third kappa shape index (κ3) is 5.41. The molecule has 7 heteroatoms. The second-order valence-electron chi connectivity index (χ2n) is 6.06. The van der Waals surface area contributed by atoms with Crippen molar-refractivity contribution >= 4 is 29.3 Å². The van der Waals surface area contributed by atoms with Gasteiger partial charge in [0.2, 0.25) is 0 Å². The number of rotatable bonds is 7. The first-order valence-electron chi connectivity index (χ1n) is 8.49. The van der Waals surface area contributed by atoms with Crippen molar-refractivity contribution in [1.29, 1.82) is 5.26 Å². The number of methoxy groups -OCH3 is 2. The molecule has 2 aromatic rings. The monoisotopic (exact) mass is 400 g/mol. The Labute approximate surface area is 169 Å². The van der Waals surface area contributed by atoms with Crippen molar-refractivity contribution in [3.63, 3.8) is 0 Å². The van der Waals surface area contributed by atoms with Gasteiger partial charge in [-0.3, -0.25) is 4.79 Å². The van der Waals surface area contributed by atoms with E-state index in [2.05, 4.69) is 5.32 Å². The zero-order valence-corrected chi connectivity index (χ0v) is 16.8. The van der Waals surface area contributed by atoms with Crippen LogP contribution in [0.1, 0.15) is 19.4 Å². The number of ether oxygens (including phenoxy) is 3. The standard InChI is InChI=1S/C21H21ClN2O4/c1-13(2)28-20-18(22)9-14(10-19(20)27-4)8-15(12-23)21(25)24-16-6-5-7-17(11-16)26-3/h5-11,13H,1-4H3,(H,24,25)/b15-8+. The largest absolute Gasteiger partial charge is 0.497 e. The van der Waals surface area contributed by atoms with Crippen LogP contribution in [0.3, 0.4) is 0 Å². The van der Waals surface area contributed by atoms with E-state index < -0.39 is 5.91 Å². The average Bonchev–Trinajstić information content (AvgIpc) is 2.67. The summed E-state index contributed by atoms with van der Waals surface area (Å²) in [6.45, 7) is 3.75. The number of nitrogens with zero attached hydrogens (tertiary/aromatic N) is 1. The Bertz CT molecular complexity index is 932. The Kier molecular flexibility index (Phi) is 7.30. The van der Waals surface area contributed by atoms with Crippen molar-refractivity contribution in [2.45, 2.75) is 20.0 Å². The fourth-order valence-electron chi connectivity index (χ4n) is 2.39. The molecule has 0 aromatic heterocycles. The van der Waals surface area contributed by atoms with Crippen molar-refractivity contribution in [2.75, 3.05) is 19.5 Å². The van der Waals surface area contributed by atoms with Crippen LogP contribution in [0.5, 0.6) is 17.2 Å². The third-order valence-electron chi connectivity index (χ3n) is 3.61. The average molecular weight is 401 g/mol. The molecule has 0 fully saturated rings. The van der Waals surface area contributed by atoms with Crippen LogP contribution < -0.4 is 19.5 Å². The number of amides is 1. The number of nitriles is 1. The number of hydrogen-bond acceptors (Lipinski definition) is 5. The molecule has 0 radical (unpaired) electrons. The fraction of sp³-hybridized carbons (Fsp3) is 0.238. The van der Waals surface area contributed by atoms with E-state index in [4.69, 9.17) is 25.8 Å². The van der Waals surface area contributed by atoms with Gasteiger partial charge in [0, 0.05) is 11.8 Å². The first-order valence-corrected chi connectivity index (χ1v) is 8.87. The molecule has 0 heterocycles. The summed E-state index contributed by atoms with van der Waals surface area (Å²) >= 11 is 6.30. The van der Waals surface area contributed by atoms with E-state index in [1.54, 1.807) is 36.4 Å². The second-order valence-corrected chi connectivity index (χ2v) is 6.46. The van der Waals surface area contributed by atoms with Gasteiger partial charge in [-0.15, -0.1) is 0 Å². The molecule has 0 saturated heterocycles. The Balaban J connectivity index is 2.31. The molecule has 28 heavy (non-hydrogen) atoms. The summed E-state index contributed by atoms with van der Waals surface area (Å²) in [4.78, 5) is 12.5. The first-order chi connectivity index (χ1) is 13.4. The van der Waals surface area contributed by atoms with Gasteiger partial charge >= 0.3 is 0 Å². The van der Waals surface area contributed by atoms with Crippen molar-refractivity contribution in [1.82, 2.24) is 0 Å². The van der Waals surface area contributed by atoms with E-state index in [0.29, 0.717) is 33.5 Å². The van der Waals surface area contributed by atoms with Gasteiger partial charge in [-0.25, -0.2) is 0 Å². The molecule has 0 saturated carbocycles. The van der Waals surface area contributed by atoms with E-state index in [0.717, 1.165) is 0 Å².